The lowest BCUT2D eigenvalue weighted by molar-refractivity contribution is 0.378. The van der Waals surface area contributed by atoms with Crippen molar-refractivity contribution in [1.82, 2.24) is 24.8 Å². The Morgan fingerprint density at radius 3 is 3.04 bits per heavy atom. The van der Waals surface area contributed by atoms with Gasteiger partial charge in [-0.15, -0.1) is 0 Å². The molecule has 4 aromatic rings. The molecule has 1 saturated heterocycles. The number of rotatable bonds is 2. The van der Waals surface area contributed by atoms with Crippen molar-refractivity contribution in [3.8, 4) is 11.1 Å². The van der Waals surface area contributed by atoms with E-state index in [2.05, 4.69) is 55.2 Å². The first-order valence-corrected chi connectivity index (χ1v) is 8.50. The molecule has 1 aliphatic rings. The van der Waals surface area contributed by atoms with Crippen molar-refractivity contribution in [2.45, 2.75) is 18.9 Å². The molecule has 3 aromatic heterocycles. The summed E-state index contributed by atoms with van der Waals surface area (Å²) >= 11 is 0. The van der Waals surface area contributed by atoms with Crippen molar-refractivity contribution in [3.05, 3.63) is 49.1 Å². The third-order valence-electron chi connectivity index (χ3n) is 5.01. The zero-order valence-corrected chi connectivity index (χ0v) is 13.4. The second-order valence-corrected chi connectivity index (χ2v) is 6.45. The number of piperidine rings is 1. The van der Waals surface area contributed by atoms with E-state index in [0.717, 1.165) is 29.6 Å². The first-order chi connectivity index (χ1) is 11.9. The van der Waals surface area contributed by atoms with Crippen LogP contribution in [0.25, 0.3) is 33.2 Å². The number of hydrogen-bond acceptors (Lipinski definition) is 3. The first-order valence-electron chi connectivity index (χ1n) is 8.50. The molecule has 1 fully saturated rings. The fourth-order valence-electron chi connectivity index (χ4n) is 3.77. The van der Waals surface area contributed by atoms with Gasteiger partial charge in [0.15, 0.2) is 0 Å². The Hall–Kier alpha value is -2.66. The topological polar surface area (TPSA) is 58.5 Å². The standard InChI is InChI=1S/C19H19N5/c1-2-14(11-20-7-1)24-12-23-17-4-3-13(10-18(17)24)15-5-8-21-19-16(15)6-9-22-19/h3-6,8-10,12,14,20H,1-2,7,11H2,(H,21,22). The molecule has 24 heavy (non-hydrogen) atoms. The zero-order chi connectivity index (χ0) is 15.9. The highest BCUT2D eigenvalue weighted by molar-refractivity contribution is 5.95. The fourth-order valence-corrected chi connectivity index (χ4v) is 3.77. The van der Waals surface area contributed by atoms with Crippen LogP contribution in [0.1, 0.15) is 18.9 Å². The molecule has 1 atom stereocenters. The van der Waals surface area contributed by atoms with Gasteiger partial charge in [0.05, 0.1) is 17.4 Å². The van der Waals surface area contributed by atoms with E-state index in [1.165, 1.54) is 29.5 Å². The summed E-state index contributed by atoms with van der Waals surface area (Å²) in [6.45, 7) is 2.14. The van der Waals surface area contributed by atoms with Crippen molar-refractivity contribution >= 4 is 22.1 Å². The van der Waals surface area contributed by atoms with E-state index in [1.54, 1.807) is 0 Å². The summed E-state index contributed by atoms with van der Waals surface area (Å²) in [7, 11) is 0. The number of hydrogen-bond donors (Lipinski definition) is 2. The number of aromatic nitrogens is 4. The monoisotopic (exact) mass is 317 g/mol. The normalized spacial score (nSPS) is 18.4. The number of nitrogens with one attached hydrogen (secondary N) is 2. The van der Waals surface area contributed by atoms with Gasteiger partial charge < -0.3 is 14.9 Å². The lowest BCUT2D eigenvalue weighted by Gasteiger charge is -2.24. The van der Waals surface area contributed by atoms with Gasteiger partial charge in [-0.25, -0.2) is 9.97 Å². The Bertz CT molecular complexity index is 1010. The van der Waals surface area contributed by atoms with Crippen LogP contribution in [0, 0.1) is 0 Å². The number of nitrogens with zero attached hydrogens (tertiary/aromatic N) is 3. The highest BCUT2D eigenvalue weighted by atomic mass is 15.1. The summed E-state index contributed by atoms with van der Waals surface area (Å²) in [5.74, 6) is 0. The molecule has 0 amide bonds. The van der Waals surface area contributed by atoms with Crippen LogP contribution in [0.15, 0.2) is 49.1 Å². The van der Waals surface area contributed by atoms with Gasteiger partial charge in [-0.2, -0.15) is 0 Å². The first kappa shape index (κ1) is 13.7. The molecule has 0 aliphatic carbocycles. The minimum atomic E-state index is 0.490. The average molecular weight is 317 g/mol. The third-order valence-corrected chi connectivity index (χ3v) is 5.01. The summed E-state index contributed by atoms with van der Waals surface area (Å²) < 4.78 is 2.33. The second-order valence-electron chi connectivity index (χ2n) is 6.45. The Morgan fingerprint density at radius 1 is 1.12 bits per heavy atom. The second kappa shape index (κ2) is 5.46. The van der Waals surface area contributed by atoms with Crippen LogP contribution < -0.4 is 5.32 Å². The van der Waals surface area contributed by atoms with E-state index in [1.807, 2.05) is 18.7 Å². The number of pyridine rings is 1. The van der Waals surface area contributed by atoms with Crippen LogP contribution in [0.5, 0.6) is 0 Å². The highest BCUT2D eigenvalue weighted by Gasteiger charge is 2.17. The molecule has 120 valence electrons. The van der Waals surface area contributed by atoms with Gasteiger partial charge in [-0.1, -0.05) is 6.07 Å². The molecular formula is C19H19N5. The van der Waals surface area contributed by atoms with Crippen LogP contribution in [-0.4, -0.2) is 32.6 Å². The molecule has 5 rings (SSSR count). The Kier molecular flexibility index (Phi) is 3.13. The van der Waals surface area contributed by atoms with Crippen molar-refractivity contribution < 1.29 is 0 Å². The molecule has 1 unspecified atom stereocenters. The van der Waals surface area contributed by atoms with Crippen molar-refractivity contribution in [2.24, 2.45) is 0 Å². The molecule has 1 aromatic carbocycles. The van der Waals surface area contributed by atoms with Crippen LogP contribution >= 0.6 is 0 Å². The lowest BCUT2D eigenvalue weighted by Crippen LogP contribution is -2.31. The van der Waals surface area contributed by atoms with Gasteiger partial charge in [0.1, 0.15) is 5.65 Å². The Morgan fingerprint density at radius 2 is 2.12 bits per heavy atom. The zero-order valence-electron chi connectivity index (χ0n) is 13.4. The van der Waals surface area contributed by atoms with Gasteiger partial charge in [0, 0.05) is 30.4 Å². The molecule has 5 heteroatoms. The van der Waals surface area contributed by atoms with Crippen LogP contribution in [0.4, 0.5) is 0 Å². The number of imidazole rings is 1. The van der Waals surface area contributed by atoms with E-state index in [9.17, 15) is 0 Å². The minimum Gasteiger partial charge on any atom is -0.346 e. The van der Waals surface area contributed by atoms with Gasteiger partial charge in [-0.05, 0) is 54.8 Å². The number of fused-ring (bicyclic) bond motifs is 2. The summed E-state index contributed by atoms with van der Waals surface area (Å²) in [4.78, 5) is 12.2. The minimum absolute atomic E-state index is 0.490. The summed E-state index contributed by atoms with van der Waals surface area (Å²) in [6.07, 6.45) is 8.22. The maximum atomic E-state index is 4.60. The Labute approximate surface area is 139 Å². The SMILES string of the molecule is c1cc(-c2ccc3ncn(C4CCCNC4)c3c2)c2cc[nH]c2n1. The van der Waals surface area contributed by atoms with E-state index >= 15 is 0 Å². The van der Waals surface area contributed by atoms with E-state index in [0.29, 0.717) is 6.04 Å². The molecule has 1 aliphatic heterocycles. The maximum Gasteiger partial charge on any atom is 0.137 e. The molecule has 0 bridgehead atoms. The van der Waals surface area contributed by atoms with E-state index < -0.39 is 0 Å². The van der Waals surface area contributed by atoms with Gasteiger partial charge in [0.25, 0.3) is 0 Å². The Balaban J connectivity index is 1.66. The summed E-state index contributed by atoms with van der Waals surface area (Å²) in [6, 6.07) is 11.2. The quantitative estimate of drug-likeness (QED) is 0.595. The van der Waals surface area contributed by atoms with Crippen LogP contribution in [-0.2, 0) is 0 Å². The number of H-pyrrole nitrogens is 1. The molecule has 0 saturated carbocycles. The van der Waals surface area contributed by atoms with Gasteiger partial charge in [-0.3, -0.25) is 0 Å². The predicted molar refractivity (Wildman–Crippen MR) is 96.0 cm³/mol. The van der Waals surface area contributed by atoms with Crippen LogP contribution in [0.2, 0.25) is 0 Å². The molecule has 5 nitrogen and oxygen atoms in total. The number of benzene rings is 1. The largest absolute Gasteiger partial charge is 0.346 e. The number of aromatic amines is 1. The third kappa shape index (κ3) is 2.12. The molecular weight excluding hydrogens is 298 g/mol. The maximum absolute atomic E-state index is 4.60. The molecule has 0 radical (unpaired) electrons. The predicted octanol–water partition coefficient (Wildman–Crippen LogP) is 3.50. The van der Waals surface area contributed by atoms with Gasteiger partial charge in [0.2, 0.25) is 0 Å². The smallest absolute Gasteiger partial charge is 0.137 e. The van der Waals surface area contributed by atoms with Crippen molar-refractivity contribution in [3.63, 3.8) is 0 Å². The van der Waals surface area contributed by atoms with Crippen molar-refractivity contribution in [1.29, 1.82) is 0 Å². The summed E-state index contributed by atoms with van der Waals surface area (Å²) in [5, 5.41) is 4.65. The van der Waals surface area contributed by atoms with E-state index in [-0.39, 0.29) is 0 Å². The summed E-state index contributed by atoms with van der Waals surface area (Å²) in [5.41, 5.74) is 5.61. The van der Waals surface area contributed by atoms with Crippen LogP contribution in [0.3, 0.4) is 0 Å². The van der Waals surface area contributed by atoms with E-state index in [4.69, 9.17) is 0 Å². The average Bonchev–Trinajstić information content (AvgIpc) is 3.28. The highest BCUT2D eigenvalue weighted by Crippen LogP contribution is 2.31. The van der Waals surface area contributed by atoms with Crippen molar-refractivity contribution in [2.75, 3.05) is 13.1 Å². The van der Waals surface area contributed by atoms with Gasteiger partial charge >= 0.3 is 0 Å². The molecule has 0 spiro atoms. The fraction of sp³-hybridized carbons (Fsp3) is 0.263. The molecule has 2 N–H and O–H groups in total. The lowest BCUT2D eigenvalue weighted by atomic mass is 10.0. The molecule has 4 heterocycles.